The third-order valence-corrected chi connectivity index (χ3v) is 4.89. The van der Waals surface area contributed by atoms with Crippen molar-refractivity contribution in [2.45, 2.75) is 25.8 Å². The molecule has 1 aromatic carbocycles. The topological polar surface area (TPSA) is 52.6 Å². The van der Waals surface area contributed by atoms with Crippen LogP contribution in [0.25, 0.3) is 0 Å². The first-order valence-electron chi connectivity index (χ1n) is 8.04. The lowest BCUT2D eigenvalue weighted by molar-refractivity contribution is 0.508. The number of hydrogen-bond acceptors (Lipinski definition) is 4. The van der Waals surface area contributed by atoms with Gasteiger partial charge in [-0.05, 0) is 5.56 Å². The third-order valence-electron chi connectivity index (χ3n) is 3.84. The Bertz CT molecular complexity index is 661. The summed E-state index contributed by atoms with van der Waals surface area (Å²) in [6.45, 7) is 5.92. The molecule has 0 saturated carbocycles. The fourth-order valence-electron chi connectivity index (χ4n) is 2.27. The molecule has 5 nitrogen and oxygen atoms in total. The summed E-state index contributed by atoms with van der Waals surface area (Å²) in [7, 11) is 5.79. The summed E-state index contributed by atoms with van der Waals surface area (Å²) in [5, 5.41) is 9.83. The van der Waals surface area contributed by atoms with Gasteiger partial charge in [-0.1, -0.05) is 44.2 Å². The SMILES string of the molecule is CN=C(NCc1csc(N(C)C)n1)NCC(C)(C)c1ccccc1. The van der Waals surface area contributed by atoms with Gasteiger partial charge in [0.2, 0.25) is 0 Å². The lowest BCUT2D eigenvalue weighted by Gasteiger charge is -2.26. The van der Waals surface area contributed by atoms with Gasteiger partial charge in [0, 0.05) is 38.5 Å². The highest BCUT2D eigenvalue weighted by Crippen LogP contribution is 2.21. The van der Waals surface area contributed by atoms with Crippen LogP contribution in [0.2, 0.25) is 0 Å². The largest absolute Gasteiger partial charge is 0.356 e. The number of aromatic nitrogens is 1. The molecule has 0 aliphatic heterocycles. The third kappa shape index (κ3) is 4.96. The predicted octanol–water partition coefficient (Wildman–Crippen LogP) is 2.85. The molecule has 1 aromatic heterocycles. The first-order valence-corrected chi connectivity index (χ1v) is 8.92. The Hall–Kier alpha value is -2.08. The van der Waals surface area contributed by atoms with E-state index in [0.717, 1.165) is 23.3 Å². The van der Waals surface area contributed by atoms with Crippen LogP contribution in [0.5, 0.6) is 0 Å². The van der Waals surface area contributed by atoms with Crippen molar-refractivity contribution in [2.24, 2.45) is 4.99 Å². The molecule has 0 aliphatic carbocycles. The maximum atomic E-state index is 4.57. The normalized spacial score (nSPS) is 12.1. The smallest absolute Gasteiger partial charge is 0.191 e. The lowest BCUT2D eigenvalue weighted by atomic mass is 9.85. The van der Waals surface area contributed by atoms with E-state index in [0.29, 0.717) is 6.54 Å². The highest BCUT2D eigenvalue weighted by Gasteiger charge is 2.20. The van der Waals surface area contributed by atoms with Crippen molar-refractivity contribution in [1.29, 1.82) is 0 Å². The summed E-state index contributed by atoms with van der Waals surface area (Å²) in [6, 6.07) is 10.5. The number of thiazole rings is 1. The van der Waals surface area contributed by atoms with Crippen molar-refractivity contribution in [3.05, 3.63) is 47.0 Å². The van der Waals surface area contributed by atoms with Crippen LogP contribution in [-0.2, 0) is 12.0 Å². The molecule has 0 saturated heterocycles. The van der Waals surface area contributed by atoms with Crippen LogP contribution in [0, 0.1) is 0 Å². The second kappa shape index (κ2) is 8.15. The average molecular weight is 346 g/mol. The van der Waals surface area contributed by atoms with E-state index in [1.807, 2.05) is 25.1 Å². The lowest BCUT2D eigenvalue weighted by Crippen LogP contribution is -2.43. The zero-order chi connectivity index (χ0) is 17.6. The van der Waals surface area contributed by atoms with Crippen molar-refractivity contribution < 1.29 is 0 Å². The molecule has 0 aliphatic rings. The highest BCUT2D eigenvalue weighted by atomic mass is 32.1. The number of aliphatic imine (C=N–C) groups is 1. The standard InChI is InChI=1S/C18H27N5S/c1-18(2,14-9-7-6-8-10-14)13-21-16(19-3)20-11-15-12-24-17(22-15)23(4)5/h6-10,12H,11,13H2,1-5H3,(H2,19,20,21). The molecule has 2 N–H and O–H groups in total. The summed E-state index contributed by atoms with van der Waals surface area (Å²) in [4.78, 5) is 10.9. The molecule has 0 bridgehead atoms. The molecule has 2 rings (SSSR count). The fourth-order valence-corrected chi connectivity index (χ4v) is 3.03. The second-order valence-corrected chi connectivity index (χ2v) is 7.38. The van der Waals surface area contributed by atoms with Gasteiger partial charge in [-0.15, -0.1) is 11.3 Å². The van der Waals surface area contributed by atoms with Crippen molar-refractivity contribution in [3.8, 4) is 0 Å². The molecule has 0 amide bonds. The Morgan fingerprint density at radius 3 is 2.50 bits per heavy atom. The van der Waals surface area contributed by atoms with Crippen LogP contribution < -0.4 is 15.5 Å². The van der Waals surface area contributed by atoms with Gasteiger partial charge in [-0.2, -0.15) is 0 Å². The molecule has 6 heteroatoms. The fraction of sp³-hybridized carbons (Fsp3) is 0.444. The van der Waals surface area contributed by atoms with Crippen LogP contribution in [0.4, 0.5) is 5.13 Å². The van der Waals surface area contributed by atoms with Crippen molar-refractivity contribution in [2.75, 3.05) is 32.6 Å². The molecule has 0 unspecified atom stereocenters. The zero-order valence-corrected chi connectivity index (χ0v) is 15.9. The van der Waals surface area contributed by atoms with Crippen molar-refractivity contribution >= 4 is 22.4 Å². The number of hydrogen-bond donors (Lipinski definition) is 2. The zero-order valence-electron chi connectivity index (χ0n) is 15.1. The monoisotopic (exact) mass is 345 g/mol. The van der Waals surface area contributed by atoms with E-state index in [1.165, 1.54) is 5.56 Å². The van der Waals surface area contributed by atoms with Crippen LogP contribution in [0.15, 0.2) is 40.7 Å². The first-order chi connectivity index (χ1) is 11.4. The molecular weight excluding hydrogens is 318 g/mol. The van der Waals surface area contributed by atoms with E-state index in [-0.39, 0.29) is 5.41 Å². The molecule has 0 spiro atoms. The van der Waals surface area contributed by atoms with Gasteiger partial charge in [0.1, 0.15) is 0 Å². The molecule has 24 heavy (non-hydrogen) atoms. The Labute approximate surface area is 148 Å². The number of anilines is 1. The van der Waals surface area contributed by atoms with Crippen LogP contribution in [0.1, 0.15) is 25.1 Å². The van der Waals surface area contributed by atoms with E-state index in [9.17, 15) is 0 Å². The number of rotatable bonds is 6. The first kappa shape index (κ1) is 18.3. The number of nitrogens with zero attached hydrogens (tertiary/aromatic N) is 3. The number of benzene rings is 1. The van der Waals surface area contributed by atoms with Crippen molar-refractivity contribution in [1.82, 2.24) is 15.6 Å². The minimum Gasteiger partial charge on any atom is -0.356 e. The molecule has 0 radical (unpaired) electrons. The molecular formula is C18H27N5S. The molecule has 0 fully saturated rings. The van der Waals surface area contributed by atoms with Gasteiger partial charge >= 0.3 is 0 Å². The Morgan fingerprint density at radius 1 is 1.21 bits per heavy atom. The van der Waals surface area contributed by atoms with Gasteiger partial charge in [0.05, 0.1) is 12.2 Å². The molecule has 2 aromatic rings. The summed E-state index contributed by atoms with van der Waals surface area (Å²) in [5.41, 5.74) is 2.36. The van der Waals surface area contributed by atoms with Crippen LogP contribution in [0.3, 0.4) is 0 Å². The maximum absolute atomic E-state index is 4.57. The Kier molecular flexibility index (Phi) is 6.20. The summed E-state index contributed by atoms with van der Waals surface area (Å²) in [6.07, 6.45) is 0. The second-order valence-electron chi connectivity index (χ2n) is 6.55. The molecule has 130 valence electrons. The van der Waals surface area contributed by atoms with Crippen molar-refractivity contribution in [3.63, 3.8) is 0 Å². The Balaban J connectivity index is 1.88. The number of nitrogens with one attached hydrogen (secondary N) is 2. The summed E-state index contributed by atoms with van der Waals surface area (Å²) >= 11 is 1.65. The van der Waals surface area contributed by atoms with Gasteiger partial charge in [-0.3, -0.25) is 4.99 Å². The quantitative estimate of drug-likeness (QED) is 0.624. The van der Waals surface area contributed by atoms with E-state index in [2.05, 4.69) is 64.1 Å². The van der Waals surface area contributed by atoms with E-state index in [1.54, 1.807) is 18.4 Å². The van der Waals surface area contributed by atoms with E-state index < -0.39 is 0 Å². The van der Waals surface area contributed by atoms with Gasteiger partial charge in [0.15, 0.2) is 11.1 Å². The van der Waals surface area contributed by atoms with Gasteiger partial charge < -0.3 is 15.5 Å². The van der Waals surface area contributed by atoms with Crippen LogP contribution in [-0.4, -0.2) is 38.6 Å². The minimum atomic E-state index is 0.0254. The molecule has 0 atom stereocenters. The van der Waals surface area contributed by atoms with Gasteiger partial charge in [0.25, 0.3) is 0 Å². The van der Waals surface area contributed by atoms with E-state index >= 15 is 0 Å². The summed E-state index contributed by atoms with van der Waals surface area (Å²) in [5.74, 6) is 0.790. The van der Waals surface area contributed by atoms with Gasteiger partial charge in [-0.25, -0.2) is 4.98 Å². The summed E-state index contributed by atoms with van der Waals surface area (Å²) < 4.78 is 0. The highest BCUT2D eigenvalue weighted by molar-refractivity contribution is 7.13. The minimum absolute atomic E-state index is 0.0254. The van der Waals surface area contributed by atoms with E-state index in [4.69, 9.17) is 0 Å². The maximum Gasteiger partial charge on any atom is 0.191 e. The average Bonchev–Trinajstić information content (AvgIpc) is 3.05. The molecule has 1 heterocycles. The predicted molar refractivity (Wildman–Crippen MR) is 104 cm³/mol. The number of guanidine groups is 1. The Morgan fingerprint density at radius 2 is 1.92 bits per heavy atom. The van der Waals surface area contributed by atoms with Crippen LogP contribution >= 0.6 is 11.3 Å².